The van der Waals surface area contributed by atoms with Crippen molar-refractivity contribution in [1.29, 1.82) is 0 Å². The van der Waals surface area contributed by atoms with Gasteiger partial charge in [0.05, 0.1) is 11.9 Å². The molecule has 3 aliphatic rings. The lowest BCUT2D eigenvalue weighted by Crippen LogP contribution is -2.52. The molecule has 0 saturated carbocycles. The first-order valence-electron chi connectivity index (χ1n) is 11.9. The number of likely N-dealkylation sites (tertiary alicyclic amines) is 1. The second kappa shape index (κ2) is 8.86. The van der Waals surface area contributed by atoms with E-state index in [2.05, 4.69) is 21.4 Å². The molecule has 1 fully saturated rings. The van der Waals surface area contributed by atoms with Crippen LogP contribution in [-0.2, 0) is 42.9 Å². The van der Waals surface area contributed by atoms with E-state index in [1.807, 2.05) is 7.05 Å². The number of hydrogen-bond donors (Lipinski definition) is 1. The zero-order chi connectivity index (χ0) is 24.0. The van der Waals surface area contributed by atoms with Crippen molar-refractivity contribution in [2.24, 2.45) is 7.05 Å². The maximum Gasteiger partial charge on any atom is 0.326 e. The topological polar surface area (TPSA) is 114 Å². The molecular formula is C23H31N6O4S-. The van der Waals surface area contributed by atoms with E-state index in [1.54, 1.807) is 13.2 Å². The van der Waals surface area contributed by atoms with Crippen LogP contribution in [0.1, 0.15) is 47.9 Å². The van der Waals surface area contributed by atoms with Crippen molar-refractivity contribution in [3.63, 3.8) is 0 Å². The van der Waals surface area contributed by atoms with E-state index in [9.17, 15) is 18.4 Å². The number of piperidine rings is 1. The number of aromatic nitrogens is 2. The molecule has 0 atom stereocenters. The number of hydrogen-bond acceptors (Lipinski definition) is 6. The maximum absolute atomic E-state index is 13.5. The van der Waals surface area contributed by atoms with Gasteiger partial charge in [0, 0.05) is 25.0 Å². The smallest absolute Gasteiger partial charge is 0.326 e. The maximum atomic E-state index is 13.5. The molecule has 1 N–H and O–H groups in total. The van der Waals surface area contributed by atoms with Gasteiger partial charge in [-0.15, -0.1) is 0 Å². The number of anilines is 2. The zero-order valence-corrected chi connectivity index (χ0v) is 20.5. The number of carbonyl (C=O) groups is 1. The van der Waals surface area contributed by atoms with E-state index < -0.39 is 22.3 Å². The summed E-state index contributed by atoms with van der Waals surface area (Å²) >= 11 is 0. The van der Waals surface area contributed by atoms with E-state index in [0.29, 0.717) is 31.6 Å². The van der Waals surface area contributed by atoms with Crippen molar-refractivity contribution in [2.45, 2.75) is 57.4 Å². The number of fused-ring (bicyclic) bond motifs is 2. The number of nitrogens with one attached hydrogen (secondary N) is 1. The Hall–Kier alpha value is -2.63. The third-order valence-corrected chi connectivity index (χ3v) is 8.89. The van der Waals surface area contributed by atoms with Gasteiger partial charge < -0.3 is 15.4 Å². The van der Waals surface area contributed by atoms with Crippen LogP contribution in [0.2, 0.25) is 0 Å². The molecule has 0 spiro atoms. The normalized spacial score (nSPS) is 18.6. The van der Waals surface area contributed by atoms with Gasteiger partial charge in [-0.2, -0.15) is 13.5 Å². The predicted octanol–water partition coefficient (Wildman–Crippen LogP) is 2.57. The number of urea groups is 1. The molecule has 1 aliphatic heterocycles. The first kappa shape index (κ1) is 23.1. The summed E-state index contributed by atoms with van der Waals surface area (Å²) in [7, 11) is -1.02. The Bertz CT molecular complexity index is 1170. The van der Waals surface area contributed by atoms with Crippen LogP contribution >= 0.6 is 0 Å². The number of amides is 2. The molecule has 0 radical (unpaired) electrons. The molecule has 2 aromatic rings. The van der Waals surface area contributed by atoms with Crippen LogP contribution in [-0.4, -0.2) is 59.8 Å². The highest BCUT2D eigenvalue weighted by Gasteiger charge is 2.36. The molecule has 184 valence electrons. The summed E-state index contributed by atoms with van der Waals surface area (Å²) in [4.78, 5) is 15.2. The summed E-state index contributed by atoms with van der Waals surface area (Å²) in [6, 6.07) is 0.618. The Morgan fingerprint density at radius 3 is 2.26 bits per heavy atom. The minimum Gasteiger partial charge on any atom is -0.740 e. The fraction of sp³-hybridized carbons (Fsp3) is 0.565. The second-order valence-corrected chi connectivity index (χ2v) is 11.2. The molecule has 5 rings (SSSR count). The molecule has 1 aromatic carbocycles. The van der Waals surface area contributed by atoms with Crippen LogP contribution in [0.15, 0.2) is 18.5 Å². The number of hydroxylamine groups is 1. The Balaban J connectivity index is 1.45. The average molecular weight is 488 g/mol. The lowest BCUT2D eigenvalue weighted by atomic mass is 9.99. The monoisotopic (exact) mass is 487 g/mol. The SMILES string of the molecule is CN1CCC(N(c2cnn(C)c2)S(=O)(=O)N([O-])C(=O)Nc2c3c(cc4c2CCC4)CCC3)CC1. The quantitative estimate of drug-likeness (QED) is 0.649. The molecular weight excluding hydrogens is 456 g/mol. The molecule has 2 amide bonds. The summed E-state index contributed by atoms with van der Waals surface area (Å²) in [5, 5.41) is 19.9. The first-order chi connectivity index (χ1) is 16.3. The number of nitrogens with zero attached hydrogens (tertiary/aromatic N) is 5. The molecule has 11 heteroatoms. The summed E-state index contributed by atoms with van der Waals surface area (Å²) in [6.45, 7) is 1.40. The van der Waals surface area contributed by atoms with Crippen molar-refractivity contribution in [3.8, 4) is 0 Å². The minimum atomic E-state index is -4.68. The van der Waals surface area contributed by atoms with Gasteiger partial charge in [0.2, 0.25) is 0 Å². The van der Waals surface area contributed by atoms with Gasteiger partial charge in [-0.1, -0.05) is 6.07 Å². The van der Waals surface area contributed by atoms with E-state index >= 15 is 0 Å². The second-order valence-electron chi connectivity index (χ2n) is 9.60. The lowest BCUT2D eigenvalue weighted by Gasteiger charge is -2.41. The summed E-state index contributed by atoms with van der Waals surface area (Å²) in [6.07, 6.45) is 9.58. The number of aryl methyl sites for hydroxylation is 3. The van der Waals surface area contributed by atoms with Crippen LogP contribution in [0.4, 0.5) is 16.2 Å². The van der Waals surface area contributed by atoms with E-state index in [0.717, 1.165) is 54.0 Å². The van der Waals surface area contributed by atoms with Crippen molar-refractivity contribution >= 4 is 27.6 Å². The highest BCUT2D eigenvalue weighted by atomic mass is 32.2. The molecule has 34 heavy (non-hydrogen) atoms. The molecule has 1 saturated heterocycles. The third-order valence-electron chi connectivity index (χ3n) is 7.29. The summed E-state index contributed by atoms with van der Waals surface area (Å²) in [5.41, 5.74) is 5.40. The van der Waals surface area contributed by atoms with Crippen LogP contribution in [0.5, 0.6) is 0 Å². The highest BCUT2D eigenvalue weighted by Crippen LogP contribution is 2.39. The van der Waals surface area contributed by atoms with Gasteiger partial charge in [0.1, 0.15) is 0 Å². The molecule has 2 aliphatic carbocycles. The number of carbonyl (C=O) groups excluding carboxylic acids is 1. The Labute approximate surface area is 200 Å². The first-order valence-corrected chi connectivity index (χ1v) is 13.3. The van der Waals surface area contributed by atoms with Crippen LogP contribution < -0.4 is 9.62 Å². The van der Waals surface area contributed by atoms with Crippen LogP contribution in [0.25, 0.3) is 0 Å². The molecule has 10 nitrogen and oxygen atoms in total. The van der Waals surface area contributed by atoms with Crippen molar-refractivity contribution < 1.29 is 13.2 Å². The molecule has 2 heterocycles. The van der Waals surface area contributed by atoms with E-state index in [1.165, 1.54) is 22.0 Å². The van der Waals surface area contributed by atoms with Crippen molar-refractivity contribution in [2.75, 3.05) is 29.8 Å². The standard InChI is InChI=1S/C23H31N6O4S/c1-26-11-9-18(10-12-26)28(19-14-24-27(2)15-19)34(32,33)29(31)23(30)25-22-20-7-3-5-16(20)13-17-6-4-8-21(17)22/h13-15,18H,3-12H2,1-2H3,(H,25,30)/q-1. The average Bonchev–Trinajstić information content (AvgIpc) is 3.55. The van der Waals surface area contributed by atoms with Gasteiger partial charge in [-0.05, 0) is 93.8 Å². The largest absolute Gasteiger partial charge is 0.740 e. The Morgan fingerprint density at radius 1 is 1.09 bits per heavy atom. The Kier molecular flexibility index (Phi) is 6.03. The molecule has 0 bridgehead atoms. The van der Waals surface area contributed by atoms with Crippen LogP contribution in [0, 0.1) is 5.21 Å². The highest BCUT2D eigenvalue weighted by molar-refractivity contribution is 7.91. The van der Waals surface area contributed by atoms with Gasteiger partial charge in [0.15, 0.2) is 0 Å². The third kappa shape index (κ3) is 4.05. The van der Waals surface area contributed by atoms with Gasteiger partial charge in [-0.25, -0.2) is 9.10 Å². The number of rotatable bonds is 5. The number of benzene rings is 1. The Morgan fingerprint density at radius 2 is 1.71 bits per heavy atom. The summed E-state index contributed by atoms with van der Waals surface area (Å²) in [5.74, 6) is 0. The van der Waals surface area contributed by atoms with Gasteiger partial charge in [0.25, 0.3) is 0 Å². The van der Waals surface area contributed by atoms with E-state index in [4.69, 9.17) is 0 Å². The predicted molar refractivity (Wildman–Crippen MR) is 130 cm³/mol. The summed E-state index contributed by atoms with van der Waals surface area (Å²) < 4.78 is 29.3. The molecule has 1 aromatic heterocycles. The van der Waals surface area contributed by atoms with Gasteiger partial charge in [-0.3, -0.25) is 9.15 Å². The van der Waals surface area contributed by atoms with Crippen LogP contribution in [0.3, 0.4) is 0 Å². The van der Waals surface area contributed by atoms with E-state index in [-0.39, 0.29) is 10.2 Å². The van der Waals surface area contributed by atoms with Crippen molar-refractivity contribution in [3.05, 3.63) is 45.9 Å². The molecule has 0 unspecified atom stereocenters. The van der Waals surface area contributed by atoms with Gasteiger partial charge >= 0.3 is 16.2 Å². The van der Waals surface area contributed by atoms with Crippen molar-refractivity contribution in [1.82, 2.24) is 19.1 Å². The minimum absolute atomic E-state index is 0.284. The lowest BCUT2D eigenvalue weighted by molar-refractivity contribution is 0.242. The zero-order valence-electron chi connectivity index (χ0n) is 19.7. The fourth-order valence-electron chi connectivity index (χ4n) is 5.59. The fourth-order valence-corrected chi connectivity index (χ4v) is 6.95.